The van der Waals surface area contributed by atoms with Gasteiger partial charge >= 0.3 is 0 Å². The molecule has 41 heavy (non-hydrogen) atoms. The number of fused-ring (bicyclic) bond motifs is 2. The minimum absolute atomic E-state index is 0.00390. The van der Waals surface area contributed by atoms with E-state index < -0.39 is 5.91 Å². The quantitative estimate of drug-likeness (QED) is 0.468. The van der Waals surface area contributed by atoms with Crippen molar-refractivity contribution < 1.29 is 19.2 Å². The maximum absolute atomic E-state index is 12.5. The summed E-state index contributed by atoms with van der Waals surface area (Å²) in [5.41, 5.74) is 10.9. The van der Waals surface area contributed by atoms with E-state index in [1.807, 2.05) is 26.8 Å². The molecule has 5 rings (SSSR count). The van der Waals surface area contributed by atoms with E-state index in [-0.39, 0.29) is 35.1 Å². The smallest absolute Gasteiger partial charge is 0.261 e. The van der Waals surface area contributed by atoms with E-state index in [0.29, 0.717) is 28.7 Å². The summed E-state index contributed by atoms with van der Waals surface area (Å²) in [5.74, 6) is -1.19. The van der Waals surface area contributed by atoms with Crippen LogP contribution in [0.1, 0.15) is 105 Å². The molecule has 0 saturated carbocycles. The molecule has 2 aliphatic heterocycles. The summed E-state index contributed by atoms with van der Waals surface area (Å²) in [7, 11) is 0. The number of carbonyl (C=O) groups is 4. The Balaban J connectivity index is 0.000000218. The van der Waals surface area contributed by atoms with Gasteiger partial charge in [-0.1, -0.05) is 53.7 Å². The number of hydrogen-bond donors (Lipinski definition) is 2. The van der Waals surface area contributed by atoms with E-state index in [0.717, 1.165) is 35.5 Å². The van der Waals surface area contributed by atoms with Crippen molar-refractivity contribution in [2.24, 2.45) is 5.73 Å². The second-order valence-electron chi connectivity index (χ2n) is 12.4. The standard InChI is InChI=1S/C20H21N3O3.C12H16N2O/c1-20(2,3)16-10-12(15(11-22-16)17(21)24)8-9-23-18(25)13-6-4-5-7-14(13)19(23)26;1-12(2,3)10-6-8-4-5-13-11(15)9(8)7-14-10/h4-7,10-11H,8-9H2,1-3H3,(H2,21,24);6-7H,4-5H2,1-3H3,(H,13,15). The number of pyridine rings is 2. The van der Waals surface area contributed by atoms with Crippen molar-refractivity contribution >= 4 is 23.6 Å². The highest BCUT2D eigenvalue weighted by atomic mass is 16.2. The van der Waals surface area contributed by atoms with Gasteiger partial charge in [0.25, 0.3) is 23.6 Å². The second kappa shape index (κ2) is 11.2. The van der Waals surface area contributed by atoms with Gasteiger partial charge in [0.1, 0.15) is 0 Å². The first kappa shape index (κ1) is 29.6. The average molecular weight is 556 g/mol. The van der Waals surface area contributed by atoms with E-state index in [1.165, 1.54) is 11.1 Å². The number of rotatable bonds is 4. The molecule has 214 valence electrons. The molecular weight excluding hydrogens is 518 g/mol. The van der Waals surface area contributed by atoms with Crippen molar-refractivity contribution in [3.8, 4) is 0 Å². The van der Waals surface area contributed by atoms with Gasteiger partial charge in [0.2, 0.25) is 0 Å². The second-order valence-corrected chi connectivity index (χ2v) is 12.4. The Morgan fingerprint density at radius 1 is 0.878 bits per heavy atom. The molecule has 0 bridgehead atoms. The van der Waals surface area contributed by atoms with Gasteiger partial charge in [-0.15, -0.1) is 0 Å². The molecule has 0 aliphatic carbocycles. The van der Waals surface area contributed by atoms with Crippen LogP contribution < -0.4 is 11.1 Å². The van der Waals surface area contributed by atoms with Crippen molar-refractivity contribution in [1.82, 2.24) is 20.2 Å². The largest absolute Gasteiger partial charge is 0.366 e. The third-order valence-corrected chi connectivity index (χ3v) is 7.19. The lowest BCUT2D eigenvalue weighted by Gasteiger charge is -2.22. The Kier molecular flexibility index (Phi) is 8.10. The highest BCUT2D eigenvalue weighted by Crippen LogP contribution is 2.26. The van der Waals surface area contributed by atoms with Crippen LogP contribution in [0.15, 0.2) is 48.8 Å². The molecule has 4 amide bonds. The fraction of sp³-hybridized carbons (Fsp3) is 0.375. The molecule has 0 radical (unpaired) electrons. The van der Waals surface area contributed by atoms with Crippen LogP contribution in [0.2, 0.25) is 0 Å². The van der Waals surface area contributed by atoms with Crippen molar-refractivity contribution in [3.63, 3.8) is 0 Å². The topological polar surface area (TPSA) is 135 Å². The molecule has 0 unspecified atom stereocenters. The first-order chi connectivity index (χ1) is 19.2. The zero-order valence-electron chi connectivity index (χ0n) is 24.5. The number of carbonyl (C=O) groups excluding carboxylic acids is 4. The zero-order valence-corrected chi connectivity index (χ0v) is 24.5. The van der Waals surface area contributed by atoms with E-state index in [1.54, 1.807) is 30.5 Å². The molecule has 0 spiro atoms. The van der Waals surface area contributed by atoms with Crippen molar-refractivity contribution in [3.05, 3.63) is 93.6 Å². The lowest BCUT2D eigenvalue weighted by Crippen LogP contribution is -2.32. The fourth-order valence-electron chi connectivity index (χ4n) is 4.73. The van der Waals surface area contributed by atoms with Crippen LogP contribution in [0.5, 0.6) is 0 Å². The molecule has 3 aromatic rings. The Labute approximate surface area is 240 Å². The van der Waals surface area contributed by atoms with E-state index >= 15 is 0 Å². The number of nitrogens with one attached hydrogen (secondary N) is 1. The molecule has 0 atom stereocenters. The monoisotopic (exact) mass is 555 g/mol. The summed E-state index contributed by atoms with van der Waals surface area (Å²) >= 11 is 0. The van der Waals surface area contributed by atoms with Crippen molar-refractivity contribution in [2.75, 3.05) is 13.1 Å². The first-order valence-corrected chi connectivity index (χ1v) is 13.7. The molecule has 9 nitrogen and oxygen atoms in total. The molecule has 1 aromatic carbocycles. The van der Waals surface area contributed by atoms with Gasteiger partial charge < -0.3 is 11.1 Å². The number of nitrogens with two attached hydrogens (primary N) is 1. The van der Waals surface area contributed by atoms with Crippen LogP contribution in [0, 0.1) is 0 Å². The van der Waals surface area contributed by atoms with Gasteiger partial charge in [0, 0.05) is 47.7 Å². The van der Waals surface area contributed by atoms with Crippen LogP contribution in [-0.2, 0) is 23.7 Å². The minimum atomic E-state index is -0.574. The normalized spacial score (nSPS) is 14.6. The van der Waals surface area contributed by atoms with Crippen LogP contribution in [-0.4, -0.2) is 51.6 Å². The van der Waals surface area contributed by atoms with Crippen LogP contribution in [0.3, 0.4) is 0 Å². The Hall–Kier alpha value is -4.40. The molecule has 0 fully saturated rings. The van der Waals surface area contributed by atoms with Crippen LogP contribution in [0.4, 0.5) is 0 Å². The molecule has 3 N–H and O–H groups in total. The minimum Gasteiger partial charge on any atom is -0.366 e. The Bertz CT molecular complexity index is 1500. The summed E-state index contributed by atoms with van der Waals surface area (Å²) in [6, 6.07) is 10.7. The summed E-state index contributed by atoms with van der Waals surface area (Å²) in [6.07, 6.45) is 4.42. The Morgan fingerprint density at radius 3 is 2.00 bits per heavy atom. The highest BCUT2D eigenvalue weighted by molar-refractivity contribution is 6.21. The van der Waals surface area contributed by atoms with Gasteiger partial charge in [0.05, 0.1) is 22.3 Å². The van der Waals surface area contributed by atoms with Gasteiger partial charge in [-0.25, -0.2) is 0 Å². The molecule has 4 heterocycles. The Morgan fingerprint density at radius 2 is 1.44 bits per heavy atom. The van der Waals surface area contributed by atoms with E-state index in [2.05, 4.69) is 42.1 Å². The van der Waals surface area contributed by atoms with E-state index in [4.69, 9.17) is 5.73 Å². The predicted molar refractivity (Wildman–Crippen MR) is 156 cm³/mol. The maximum Gasteiger partial charge on any atom is 0.261 e. The number of aromatic nitrogens is 2. The number of primary amides is 1. The number of benzene rings is 1. The lowest BCUT2D eigenvalue weighted by atomic mass is 9.89. The molecule has 2 aliphatic rings. The third kappa shape index (κ3) is 6.34. The maximum atomic E-state index is 12.5. The lowest BCUT2D eigenvalue weighted by molar-refractivity contribution is 0.0655. The van der Waals surface area contributed by atoms with Gasteiger partial charge in [-0.05, 0) is 48.2 Å². The molecule has 0 saturated heterocycles. The van der Waals surface area contributed by atoms with Crippen molar-refractivity contribution in [1.29, 1.82) is 0 Å². The average Bonchev–Trinajstić information content (AvgIpc) is 3.15. The van der Waals surface area contributed by atoms with Gasteiger partial charge in [-0.3, -0.25) is 34.0 Å². The van der Waals surface area contributed by atoms with Crippen LogP contribution >= 0.6 is 0 Å². The highest BCUT2D eigenvalue weighted by Gasteiger charge is 2.35. The number of amides is 4. The summed E-state index contributed by atoms with van der Waals surface area (Å²) < 4.78 is 0. The third-order valence-electron chi connectivity index (χ3n) is 7.19. The number of imide groups is 1. The first-order valence-electron chi connectivity index (χ1n) is 13.7. The van der Waals surface area contributed by atoms with Gasteiger partial charge in [-0.2, -0.15) is 0 Å². The van der Waals surface area contributed by atoms with Gasteiger partial charge in [0.15, 0.2) is 0 Å². The summed E-state index contributed by atoms with van der Waals surface area (Å²) in [4.78, 5) is 58.1. The van der Waals surface area contributed by atoms with Crippen LogP contribution in [0.25, 0.3) is 0 Å². The van der Waals surface area contributed by atoms with Crippen molar-refractivity contribution in [2.45, 2.75) is 65.2 Å². The fourth-order valence-corrected chi connectivity index (χ4v) is 4.73. The predicted octanol–water partition coefficient (Wildman–Crippen LogP) is 3.98. The van der Waals surface area contributed by atoms with E-state index in [9.17, 15) is 19.2 Å². The molecule has 2 aromatic heterocycles. The summed E-state index contributed by atoms with van der Waals surface area (Å²) in [5, 5.41) is 2.82. The number of nitrogens with zero attached hydrogens (tertiary/aromatic N) is 3. The molecule has 9 heteroatoms. The zero-order chi connectivity index (χ0) is 30.1. The SMILES string of the molecule is CC(C)(C)c1cc(CCN2C(=O)c3ccccc3C2=O)c(C(N)=O)cn1.CC(C)(C)c1cc2c(cn1)C(=O)NCC2. The summed E-state index contributed by atoms with van der Waals surface area (Å²) in [6.45, 7) is 13.4. The number of hydrogen-bond acceptors (Lipinski definition) is 6. The molecular formula is C32H37N5O4.